The zero-order valence-corrected chi connectivity index (χ0v) is 23.9. The lowest BCUT2D eigenvalue weighted by molar-refractivity contribution is -0.245. The van der Waals surface area contributed by atoms with Crippen LogP contribution in [-0.4, -0.2) is 72.3 Å². The predicted octanol–water partition coefficient (Wildman–Crippen LogP) is 3.91. The predicted molar refractivity (Wildman–Crippen MR) is 123 cm³/mol. The van der Waals surface area contributed by atoms with Gasteiger partial charge in [-0.05, 0) is 44.5 Å². The van der Waals surface area contributed by atoms with Gasteiger partial charge in [-0.15, -0.1) is 0 Å². The van der Waals surface area contributed by atoms with Crippen LogP contribution in [0.4, 0.5) is 39.5 Å². The highest BCUT2D eigenvalue weighted by Crippen LogP contribution is 2.53. The van der Waals surface area contributed by atoms with Crippen LogP contribution >= 0.6 is 0 Å². The van der Waals surface area contributed by atoms with Crippen LogP contribution in [0.2, 0.25) is 0 Å². The van der Waals surface area contributed by atoms with Crippen LogP contribution in [0.1, 0.15) is 37.6 Å². The van der Waals surface area contributed by atoms with Gasteiger partial charge in [-0.3, -0.25) is 4.79 Å². The summed E-state index contributed by atoms with van der Waals surface area (Å²) < 4.78 is 202. The molecule has 248 valence electrons. The van der Waals surface area contributed by atoms with E-state index in [2.05, 4.69) is 4.18 Å². The van der Waals surface area contributed by atoms with Crippen LogP contribution in [0, 0.1) is 5.41 Å². The normalized spacial score (nSPS) is 14.2. The SMILES string of the molecule is CCC(C)(C)C(=O)OCCOC(=O)c1ccc(OS(=O)(=O)C(F)(F)C(F)(F)C(F)(F)S(=O)(=O)[N-]S(=O)(=O)C(F)(F)F)cc1. The lowest BCUT2D eigenvalue weighted by Gasteiger charge is -2.35. The molecule has 0 fully saturated rings. The first-order chi connectivity index (χ1) is 19.0. The second kappa shape index (κ2) is 12.3. The fourth-order valence-electron chi connectivity index (χ4n) is 2.22. The highest BCUT2D eigenvalue weighted by Gasteiger charge is 2.81. The summed E-state index contributed by atoms with van der Waals surface area (Å²) >= 11 is 0. The highest BCUT2D eigenvalue weighted by molar-refractivity contribution is 8.13. The number of halogens is 9. The number of hydrogen-bond donors (Lipinski definition) is 0. The number of sulfonamides is 2. The molecule has 0 radical (unpaired) electrons. The molecule has 0 aliphatic carbocycles. The third-order valence-corrected chi connectivity index (χ3v) is 9.50. The minimum absolute atomic E-state index is 0.340. The van der Waals surface area contributed by atoms with Crippen molar-refractivity contribution in [1.82, 2.24) is 0 Å². The summed E-state index contributed by atoms with van der Waals surface area (Å²) in [6.45, 7) is 3.98. The Bertz CT molecular complexity index is 1520. The molecule has 24 heteroatoms. The van der Waals surface area contributed by atoms with Crippen LogP contribution in [-0.2, 0) is 44.4 Å². The maximum Gasteiger partial charge on any atom is 0.480 e. The second-order valence-corrected chi connectivity index (χ2v) is 13.7. The molecule has 1 aromatic rings. The van der Waals surface area contributed by atoms with Crippen LogP contribution in [0.25, 0.3) is 4.13 Å². The highest BCUT2D eigenvalue weighted by atomic mass is 32.3. The fourth-order valence-corrected chi connectivity index (χ4v) is 5.40. The number of benzene rings is 1. The summed E-state index contributed by atoms with van der Waals surface area (Å²) in [6, 6.07) is 1.86. The largest absolute Gasteiger partial charge is 0.480 e. The first-order valence-corrected chi connectivity index (χ1v) is 15.1. The minimum Gasteiger partial charge on any atom is -0.462 e. The molecule has 0 amide bonds. The van der Waals surface area contributed by atoms with Crippen molar-refractivity contribution in [2.45, 2.75) is 49.1 Å². The molecule has 0 heterocycles. The molecule has 0 saturated heterocycles. The Morgan fingerprint density at radius 2 is 1.21 bits per heavy atom. The van der Waals surface area contributed by atoms with Gasteiger partial charge in [0.2, 0.25) is 0 Å². The number of nitrogens with zero attached hydrogens (tertiary/aromatic N) is 1. The number of ether oxygens (including phenoxy) is 2. The molecular formula is C19H19F9NO11S3-. The summed E-state index contributed by atoms with van der Waals surface area (Å²) in [5, 5.41) is -14.8. The van der Waals surface area contributed by atoms with Crippen molar-refractivity contribution in [3.05, 3.63) is 34.0 Å². The molecule has 0 bridgehead atoms. The van der Waals surface area contributed by atoms with Gasteiger partial charge < -0.3 is 17.8 Å². The number of alkyl halides is 9. The van der Waals surface area contributed by atoms with Crippen molar-refractivity contribution in [3.63, 3.8) is 0 Å². The van der Waals surface area contributed by atoms with E-state index < -0.39 is 94.0 Å². The maximum absolute atomic E-state index is 14.2. The average Bonchev–Trinajstić information content (AvgIpc) is 2.84. The average molecular weight is 705 g/mol. The standard InChI is InChI=1S/C19H19F9NO11S3/c1-4-15(2,3)14(31)39-10-9-38-13(30)11-5-7-12(8-6-11)40-43(36,37)18(24,25)16(20,21)17(22,23)41(32,33)29-42(34,35)19(26,27)28/h5-8H,4,9-10H2,1-3H3/q-1. The Kier molecular flexibility index (Phi) is 10.9. The number of carbonyl (C=O) groups is 2. The second-order valence-electron chi connectivity index (χ2n) is 8.65. The molecule has 12 nitrogen and oxygen atoms in total. The Morgan fingerprint density at radius 3 is 1.65 bits per heavy atom. The smallest absolute Gasteiger partial charge is 0.462 e. The number of carbonyl (C=O) groups excluding carboxylic acids is 2. The molecule has 0 unspecified atom stereocenters. The summed E-state index contributed by atoms with van der Waals surface area (Å²) in [5.74, 6) is -10.9. The lowest BCUT2D eigenvalue weighted by atomic mass is 9.91. The third kappa shape index (κ3) is 7.81. The molecule has 0 aliphatic heterocycles. The Labute approximate surface area is 237 Å². The van der Waals surface area contributed by atoms with Crippen molar-refractivity contribution < 1.29 is 88.0 Å². The van der Waals surface area contributed by atoms with E-state index >= 15 is 0 Å². The van der Waals surface area contributed by atoms with Crippen molar-refractivity contribution in [3.8, 4) is 5.75 Å². The zero-order valence-electron chi connectivity index (χ0n) is 21.5. The van der Waals surface area contributed by atoms with E-state index in [0.717, 1.165) is 0 Å². The molecule has 0 saturated carbocycles. The van der Waals surface area contributed by atoms with Crippen LogP contribution in [0.15, 0.2) is 24.3 Å². The van der Waals surface area contributed by atoms with Crippen LogP contribution in [0.3, 0.4) is 0 Å². The maximum atomic E-state index is 14.2. The van der Waals surface area contributed by atoms with Crippen LogP contribution < -0.4 is 4.18 Å². The van der Waals surface area contributed by atoms with Gasteiger partial charge in [0.25, 0.3) is 0 Å². The quantitative estimate of drug-likeness (QED) is 0.119. The van der Waals surface area contributed by atoms with Crippen molar-refractivity contribution in [2.75, 3.05) is 13.2 Å². The summed E-state index contributed by atoms with van der Waals surface area (Å²) in [6.07, 6.45) is 0.420. The zero-order chi connectivity index (χ0) is 34.1. The van der Waals surface area contributed by atoms with E-state index in [4.69, 9.17) is 9.47 Å². The van der Waals surface area contributed by atoms with E-state index in [1.54, 1.807) is 20.8 Å². The van der Waals surface area contributed by atoms with E-state index in [-0.39, 0.29) is 0 Å². The molecule has 0 aliphatic rings. The molecule has 43 heavy (non-hydrogen) atoms. The van der Waals surface area contributed by atoms with E-state index in [1.165, 1.54) is 0 Å². The van der Waals surface area contributed by atoms with Gasteiger partial charge in [-0.25, -0.2) is 21.6 Å². The van der Waals surface area contributed by atoms with Gasteiger partial charge in [-0.1, -0.05) is 6.92 Å². The van der Waals surface area contributed by atoms with Gasteiger partial charge in [-0.2, -0.15) is 47.9 Å². The number of esters is 2. The molecule has 0 N–H and O–H groups in total. The number of hydrogen-bond acceptors (Lipinski definition) is 11. The molecule has 0 atom stereocenters. The summed E-state index contributed by atoms with van der Waals surface area (Å²) in [4.78, 5) is 23.8. The van der Waals surface area contributed by atoms with Gasteiger partial charge >= 0.3 is 44.0 Å². The van der Waals surface area contributed by atoms with Gasteiger partial charge in [0, 0.05) is 0 Å². The fraction of sp³-hybridized carbons (Fsp3) is 0.579. The molecular weight excluding hydrogens is 685 g/mol. The monoisotopic (exact) mass is 704 g/mol. The van der Waals surface area contributed by atoms with Gasteiger partial charge in [0.05, 0.1) is 11.0 Å². The third-order valence-electron chi connectivity index (χ3n) is 5.14. The van der Waals surface area contributed by atoms with Crippen molar-refractivity contribution in [2.24, 2.45) is 5.41 Å². The molecule has 1 aromatic carbocycles. The van der Waals surface area contributed by atoms with Crippen molar-refractivity contribution >= 4 is 42.1 Å². The Hall–Kier alpha value is -2.86. The van der Waals surface area contributed by atoms with E-state index in [9.17, 15) is 74.4 Å². The first kappa shape index (κ1) is 38.2. The van der Waals surface area contributed by atoms with Crippen molar-refractivity contribution in [1.29, 1.82) is 0 Å². The Morgan fingerprint density at radius 1 is 0.744 bits per heavy atom. The van der Waals surface area contributed by atoms with E-state index in [1.807, 2.05) is 0 Å². The lowest BCUT2D eigenvalue weighted by Crippen LogP contribution is -2.61. The molecule has 0 spiro atoms. The molecule has 1 rings (SSSR count). The Balaban J connectivity index is 3.10. The summed E-state index contributed by atoms with van der Waals surface area (Å²) in [5.41, 5.74) is -8.07. The minimum atomic E-state index is -8.06. The summed E-state index contributed by atoms with van der Waals surface area (Å²) in [7, 11) is -22.9. The van der Waals surface area contributed by atoms with E-state index in [0.29, 0.717) is 34.8 Å². The number of rotatable bonds is 14. The molecule has 0 aromatic heterocycles. The van der Waals surface area contributed by atoms with Crippen LogP contribution in [0.5, 0.6) is 5.75 Å². The topological polar surface area (TPSA) is 178 Å². The van der Waals surface area contributed by atoms with Gasteiger partial charge in [0.15, 0.2) is 20.0 Å². The van der Waals surface area contributed by atoms with Gasteiger partial charge in [0.1, 0.15) is 19.0 Å². The first-order valence-electron chi connectivity index (χ1n) is 10.8.